The van der Waals surface area contributed by atoms with Crippen molar-refractivity contribution in [1.29, 1.82) is 0 Å². The van der Waals surface area contributed by atoms with E-state index in [-0.39, 0.29) is 38.0 Å². The second-order valence-corrected chi connectivity index (χ2v) is 21.4. The molecule has 3 aliphatic heterocycles. The summed E-state index contributed by atoms with van der Waals surface area (Å²) >= 11 is 0. The van der Waals surface area contributed by atoms with Crippen LogP contribution in [0.2, 0.25) is 0 Å². The molecule has 0 aliphatic carbocycles. The number of carbonyl (C=O) groups is 5. The first-order valence-corrected chi connectivity index (χ1v) is 27.5. The molecule has 440 valence electrons. The quantitative estimate of drug-likeness (QED) is 0.0705. The lowest BCUT2D eigenvalue weighted by Gasteiger charge is -2.51. The summed E-state index contributed by atoms with van der Waals surface area (Å²) < 4.78 is 74.6. The number of hydrogen-bond donors (Lipinski definition) is 1. The Balaban J connectivity index is 1.78. The number of hydrogen-bond acceptors (Lipinski definition) is 21. The van der Waals surface area contributed by atoms with E-state index in [1.807, 2.05) is 39.1 Å². The number of unbranched alkanes of at least 4 members (excludes halogenated alkanes) is 1. The molecule has 0 radical (unpaired) electrons. The molecule has 3 aliphatic rings. The molecular formula is C56H93N3O18. The van der Waals surface area contributed by atoms with Gasteiger partial charge in [0.1, 0.15) is 36.6 Å². The molecule has 16 atom stereocenters. The zero-order valence-corrected chi connectivity index (χ0v) is 48.5. The SMILES string of the molecule is CCC(=O)OC1C(C)OC(OC2C(C)OC(O[C@@H]3C(OC)[C@H](OC(=O)CC)CC(=O)O[C@H](C)CCN(CCCCc4ccccc4)N(C)C[C@H](OC(C)=O)[C@H](C)C[C@@H]3CC(OC)OC)C(O)C2N(C)C)CC1(C)OC(C)=O. The third-order valence-electron chi connectivity index (χ3n) is 14.9. The van der Waals surface area contributed by atoms with Crippen molar-refractivity contribution >= 4 is 29.8 Å². The van der Waals surface area contributed by atoms with Gasteiger partial charge in [-0.15, -0.1) is 0 Å². The minimum Gasteiger partial charge on any atom is -0.463 e. The van der Waals surface area contributed by atoms with Crippen LogP contribution in [0.4, 0.5) is 0 Å². The second-order valence-electron chi connectivity index (χ2n) is 21.4. The van der Waals surface area contributed by atoms with E-state index in [1.54, 1.807) is 53.6 Å². The van der Waals surface area contributed by atoms with Crippen LogP contribution in [0.1, 0.15) is 126 Å². The zero-order valence-electron chi connectivity index (χ0n) is 48.5. The lowest BCUT2D eigenvalue weighted by Crippen LogP contribution is -2.66. The first-order chi connectivity index (χ1) is 36.5. The summed E-state index contributed by atoms with van der Waals surface area (Å²) in [5.74, 6) is -3.78. The van der Waals surface area contributed by atoms with E-state index in [4.69, 9.17) is 56.8 Å². The van der Waals surface area contributed by atoms with E-state index >= 15 is 0 Å². The van der Waals surface area contributed by atoms with Gasteiger partial charge in [0.25, 0.3) is 0 Å². The predicted molar refractivity (Wildman–Crippen MR) is 281 cm³/mol. The Labute approximate surface area is 457 Å². The van der Waals surface area contributed by atoms with Crippen molar-refractivity contribution in [2.75, 3.05) is 62.1 Å². The fourth-order valence-corrected chi connectivity index (χ4v) is 10.9. The molecule has 21 heteroatoms. The van der Waals surface area contributed by atoms with E-state index in [1.165, 1.54) is 40.7 Å². The van der Waals surface area contributed by atoms with Crippen LogP contribution in [0.5, 0.6) is 0 Å². The highest BCUT2D eigenvalue weighted by Crippen LogP contribution is 2.40. The Hall–Kier alpha value is -3.87. The molecule has 1 aromatic carbocycles. The largest absolute Gasteiger partial charge is 0.463 e. The van der Waals surface area contributed by atoms with Gasteiger partial charge in [0.05, 0.1) is 37.3 Å². The molecule has 77 heavy (non-hydrogen) atoms. The number of aliphatic hydroxyl groups excluding tert-OH is 1. The molecule has 3 fully saturated rings. The van der Waals surface area contributed by atoms with E-state index < -0.39 is 134 Å². The van der Waals surface area contributed by atoms with E-state index in [0.717, 1.165) is 19.3 Å². The summed E-state index contributed by atoms with van der Waals surface area (Å²) in [7, 11) is 9.94. The number of hydrazine groups is 1. The van der Waals surface area contributed by atoms with Crippen molar-refractivity contribution in [3.8, 4) is 0 Å². The average Bonchev–Trinajstić information content (AvgIpc) is 3.36. The van der Waals surface area contributed by atoms with Crippen LogP contribution in [-0.4, -0.2) is 204 Å². The van der Waals surface area contributed by atoms with Gasteiger partial charge in [0.2, 0.25) is 0 Å². The van der Waals surface area contributed by atoms with Gasteiger partial charge < -0.3 is 66.8 Å². The summed E-state index contributed by atoms with van der Waals surface area (Å²) in [6.45, 7) is 16.4. The highest BCUT2D eigenvalue weighted by atomic mass is 16.7. The Morgan fingerprint density at radius 3 is 2.10 bits per heavy atom. The highest BCUT2D eigenvalue weighted by Gasteiger charge is 2.55. The fourth-order valence-electron chi connectivity index (χ4n) is 10.9. The number of esters is 5. The van der Waals surface area contributed by atoms with E-state index in [9.17, 15) is 29.1 Å². The van der Waals surface area contributed by atoms with Crippen molar-refractivity contribution in [3.63, 3.8) is 0 Å². The maximum atomic E-state index is 14.1. The smallest absolute Gasteiger partial charge is 0.309 e. The van der Waals surface area contributed by atoms with Crippen LogP contribution in [0.3, 0.4) is 0 Å². The number of cyclic esters (lactones) is 1. The summed E-state index contributed by atoms with van der Waals surface area (Å²) in [4.78, 5) is 67.2. The Kier molecular flexibility index (Phi) is 27.1. The molecule has 0 amide bonds. The van der Waals surface area contributed by atoms with Gasteiger partial charge in [-0.3, -0.25) is 24.0 Å². The molecule has 3 saturated heterocycles. The fraction of sp³-hybridized carbons (Fsp3) is 0.804. The number of likely N-dealkylation sites (N-methyl/N-ethyl adjacent to an activating group) is 2. The van der Waals surface area contributed by atoms with Crippen molar-refractivity contribution in [2.45, 2.75) is 218 Å². The van der Waals surface area contributed by atoms with Crippen LogP contribution in [0.25, 0.3) is 0 Å². The van der Waals surface area contributed by atoms with Gasteiger partial charge in [-0.25, -0.2) is 10.0 Å². The number of benzene rings is 1. The van der Waals surface area contributed by atoms with Gasteiger partial charge in [-0.1, -0.05) is 51.1 Å². The van der Waals surface area contributed by atoms with Crippen LogP contribution in [0, 0.1) is 11.8 Å². The lowest BCUT2D eigenvalue weighted by atomic mass is 9.82. The Morgan fingerprint density at radius 1 is 0.844 bits per heavy atom. The minimum atomic E-state index is -1.44. The van der Waals surface area contributed by atoms with Crippen LogP contribution in [0.15, 0.2) is 30.3 Å². The number of aryl methyl sites for hydroxylation is 1. The topological polar surface area (TPSA) is 226 Å². The normalized spacial score (nSPS) is 33.5. The van der Waals surface area contributed by atoms with Gasteiger partial charge in [0.15, 0.2) is 30.6 Å². The summed E-state index contributed by atoms with van der Waals surface area (Å²) in [5.41, 5.74) is -0.0797. The number of aliphatic hydroxyl groups is 1. The van der Waals surface area contributed by atoms with Crippen molar-refractivity contribution < 1.29 is 85.9 Å². The predicted octanol–water partition coefficient (Wildman–Crippen LogP) is 5.39. The maximum Gasteiger partial charge on any atom is 0.309 e. The minimum absolute atomic E-state index is 0.0134. The van der Waals surface area contributed by atoms with E-state index in [0.29, 0.717) is 26.1 Å². The molecule has 10 unspecified atom stereocenters. The molecule has 0 spiro atoms. The first kappa shape index (κ1) is 65.6. The highest BCUT2D eigenvalue weighted by molar-refractivity contribution is 5.73. The number of ether oxygens (including phenoxy) is 12. The molecule has 4 rings (SSSR count). The summed E-state index contributed by atoms with van der Waals surface area (Å²) in [6.07, 6.45) is -9.58. The van der Waals surface area contributed by atoms with E-state index in [2.05, 4.69) is 22.2 Å². The van der Waals surface area contributed by atoms with Crippen LogP contribution >= 0.6 is 0 Å². The average molecular weight is 1100 g/mol. The third kappa shape index (κ3) is 19.7. The standard InChI is InChI=1S/C56H93N3O18/c1-16-44(62)73-42-31-46(64)69-35(4)26-28-59(27-22-21-25-40-23-19-18-20-24-40)58(12)33-43(72-38(7)60)34(3)29-41(30-47(66-13)67-14)52(53(42)68-15)76-55-50(65)49(57(10)11)51(36(5)71-55)75-48-32-56(9,77-39(8)61)54(37(6)70-48)74-45(63)17-2/h18-20,23-24,34-37,41-43,47-55,65H,16-17,21-22,25-33H2,1-15H3/t34-,35-,36?,37?,41-,42-,43+,48?,49?,50?,51?,52+,53?,54?,55?,56?/m1/s1. The second kappa shape index (κ2) is 31.8. The molecular weight excluding hydrogens is 1000 g/mol. The molecule has 0 bridgehead atoms. The number of methoxy groups -OCH3 is 3. The van der Waals surface area contributed by atoms with Crippen molar-refractivity contribution in [2.24, 2.45) is 11.8 Å². The number of nitrogens with zero attached hydrogens (tertiary/aromatic N) is 3. The van der Waals surface area contributed by atoms with Crippen LogP contribution in [-0.2, 0) is 87.2 Å². The first-order valence-electron chi connectivity index (χ1n) is 27.5. The van der Waals surface area contributed by atoms with Crippen molar-refractivity contribution in [3.05, 3.63) is 35.9 Å². The van der Waals surface area contributed by atoms with Gasteiger partial charge in [-0.2, -0.15) is 0 Å². The number of carbonyl (C=O) groups excluding carboxylic acids is 5. The van der Waals surface area contributed by atoms with Crippen LogP contribution < -0.4 is 0 Å². The molecule has 1 aromatic rings. The number of rotatable bonds is 21. The van der Waals surface area contributed by atoms with Crippen molar-refractivity contribution in [1.82, 2.24) is 14.9 Å². The molecule has 3 heterocycles. The van der Waals surface area contributed by atoms with Gasteiger partial charge in [-0.05, 0) is 91.3 Å². The molecule has 1 N–H and O–H groups in total. The molecule has 0 saturated carbocycles. The maximum absolute atomic E-state index is 14.1. The monoisotopic (exact) mass is 1100 g/mol. The summed E-state index contributed by atoms with van der Waals surface area (Å²) in [5, 5.41) is 16.9. The third-order valence-corrected chi connectivity index (χ3v) is 14.9. The van der Waals surface area contributed by atoms with Gasteiger partial charge in [0, 0.05) is 81.0 Å². The Bertz CT molecular complexity index is 1960. The summed E-state index contributed by atoms with van der Waals surface area (Å²) in [6, 6.07) is 9.48. The lowest BCUT2D eigenvalue weighted by molar-refractivity contribution is -0.345. The molecule has 0 aromatic heterocycles. The Morgan fingerprint density at radius 2 is 1.51 bits per heavy atom. The van der Waals surface area contributed by atoms with Gasteiger partial charge >= 0.3 is 29.8 Å². The molecule has 21 nitrogen and oxygen atoms in total. The zero-order chi connectivity index (χ0) is 57.1.